The molecule has 1 atom stereocenters. The highest BCUT2D eigenvalue weighted by Crippen LogP contribution is 2.42. The molecule has 7 heteroatoms. The highest BCUT2D eigenvalue weighted by molar-refractivity contribution is 6.51. The Labute approximate surface area is 197 Å². The molecule has 0 spiro atoms. The SMILES string of the molecule is COc1ccc(/C(O)=C2/C(=O)C(=O)N(c3ccc(F)cc3)C2c2ccccn2)cc1C(C)(C)C. The minimum atomic E-state index is -0.980. The van der Waals surface area contributed by atoms with E-state index in [2.05, 4.69) is 4.98 Å². The number of benzene rings is 2. The van der Waals surface area contributed by atoms with Gasteiger partial charge in [-0.1, -0.05) is 26.8 Å². The molecule has 1 fully saturated rings. The predicted molar refractivity (Wildman–Crippen MR) is 127 cm³/mol. The first-order valence-corrected chi connectivity index (χ1v) is 10.8. The number of hydrogen-bond donors (Lipinski definition) is 1. The van der Waals surface area contributed by atoms with E-state index in [9.17, 15) is 19.1 Å². The lowest BCUT2D eigenvalue weighted by atomic mass is 9.84. The molecule has 4 rings (SSSR count). The molecule has 0 aliphatic carbocycles. The van der Waals surface area contributed by atoms with Gasteiger partial charge in [-0.15, -0.1) is 0 Å². The topological polar surface area (TPSA) is 79.7 Å². The van der Waals surface area contributed by atoms with Gasteiger partial charge in [0.15, 0.2) is 0 Å². The van der Waals surface area contributed by atoms with Crippen LogP contribution in [0.5, 0.6) is 5.75 Å². The average Bonchev–Trinajstić information content (AvgIpc) is 3.09. The number of amides is 1. The first kappa shape index (κ1) is 23.2. The molecule has 1 unspecified atom stereocenters. The summed E-state index contributed by atoms with van der Waals surface area (Å²) in [5.74, 6) is -1.80. The molecule has 1 amide bonds. The molecule has 34 heavy (non-hydrogen) atoms. The van der Waals surface area contributed by atoms with Gasteiger partial charge in [0.25, 0.3) is 11.7 Å². The normalized spacial score (nSPS) is 17.8. The number of halogens is 1. The first-order valence-electron chi connectivity index (χ1n) is 10.8. The van der Waals surface area contributed by atoms with Crippen LogP contribution in [0.25, 0.3) is 5.76 Å². The van der Waals surface area contributed by atoms with E-state index in [1.165, 1.54) is 29.2 Å². The number of carbonyl (C=O) groups excluding carboxylic acids is 2. The molecule has 1 N–H and O–H groups in total. The van der Waals surface area contributed by atoms with Crippen LogP contribution in [0.3, 0.4) is 0 Å². The van der Waals surface area contributed by atoms with E-state index in [-0.39, 0.29) is 16.7 Å². The summed E-state index contributed by atoms with van der Waals surface area (Å²) in [6.07, 6.45) is 1.55. The van der Waals surface area contributed by atoms with E-state index in [1.807, 2.05) is 20.8 Å². The van der Waals surface area contributed by atoms with Crippen molar-refractivity contribution in [1.82, 2.24) is 4.98 Å². The lowest BCUT2D eigenvalue weighted by Crippen LogP contribution is -2.29. The number of ether oxygens (including phenoxy) is 1. The van der Waals surface area contributed by atoms with Crippen LogP contribution in [0.4, 0.5) is 10.1 Å². The van der Waals surface area contributed by atoms with Crippen LogP contribution < -0.4 is 9.64 Å². The Hall–Kier alpha value is -4.00. The first-order chi connectivity index (χ1) is 16.1. The third kappa shape index (κ3) is 4.05. The summed E-state index contributed by atoms with van der Waals surface area (Å²) in [7, 11) is 1.57. The predicted octanol–water partition coefficient (Wildman–Crippen LogP) is 5.15. The molecule has 1 aromatic heterocycles. The van der Waals surface area contributed by atoms with Crippen molar-refractivity contribution < 1.29 is 23.8 Å². The summed E-state index contributed by atoms with van der Waals surface area (Å²) in [4.78, 5) is 31.9. The highest BCUT2D eigenvalue weighted by Gasteiger charge is 2.47. The van der Waals surface area contributed by atoms with Gasteiger partial charge in [-0.25, -0.2) is 4.39 Å². The summed E-state index contributed by atoms with van der Waals surface area (Å²) in [5, 5.41) is 11.4. The van der Waals surface area contributed by atoms with Crippen molar-refractivity contribution in [2.24, 2.45) is 0 Å². The molecular weight excluding hydrogens is 435 g/mol. The zero-order chi connectivity index (χ0) is 24.6. The van der Waals surface area contributed by atoms with Gasteiger partial charge in [0.1, 0.15) is 23.4 Å². The number of hydrogen-bond acceptors (Lipinski definition) is 5. The van der Waals surface area contributed by atoms with Gasteiger partial charge in [-0.05, 0) is 60.0 Å². The molecule has 1 saturated heterocycles. The number of methoxy groups -OCH3 is 1. The van der Waals surface area contributed by atoms with E-state index in [0.717, 1.165) is 5.56 Å². The third-order valence-corrected chi connectivity index (χ3v) is 5.80. The number of anilines is 1. The van der Waals surface area contributed by atoms with Crippen LogP contribution in [0.2, 0.25) is 0 Å². The molecule has 2 aromatic carbocycles. The second-order valence-electron chi connectivity index (χ2n) is 9.07. The molecule has 174 valence electrons. The summed E-state index contributed by atoms with van der Waals surface area (Å²) in [6, 6.07) is 14.5. The molecule has 2 heterocycles. The average molecular weight is 461 g/mol. The number of ketones is 1. The van der Waals surface area contributed by atoms with E-state index in [0.29, 0.717) is 22.7 Å². The number of rotatable bonds is 4. The van der Waals surface area contributed by atoms with Gasteiger partial charge in [0.05, 0.1) is 18.4 Å². The quantitative estimate of drug-likeness (QED) is 0.331. The minimum Gasteiger partial charge on any atom is -0.507 e. The molecule has 1 aliphatic heterocycles. The Morgan fingerprint density at radius 1 is 1.06 bits per heavy atom. The number of aliphatic hydroxyl groups excluding tert-OH is 1. The van der Waals surface area contributed by atoms with Gasteiger partial charge in [0.2, 0.25) is 0 Å². The summed E-state index contributed by atoms with van der Waals surface area (Å²) < 4.78 is 19.0. The van der Waals surface area contributed by atoms with E-state index >= 15 is 0 Å². The van der Waals surface area contributed by atoms with Crippen LogP contribution in [-0.2, 0) is 15.0 Å². The fourth-order valence-electron chi connectivity index (χ4n) is 4.11. The Balaban J connectivity index is 1.94. The van der Waals surface area contributed by atoms with Crippen molar-refractivity contribution in [3.05, 3.63) is 95.1 Å². The second-order valence-corrected chi connectivity index (χ2v) is 9.07. The fraction of sp³-hybridized carbons (Fsp3) is 0.222. The number of aromatic nitrogens is 1. The summed E-state index contributed by atoms with van der Waals surface area (Å²) in [5.41, 5.74) is 1.55. The Morgan fingerprint density at radius 3 is 2.35 bits per heavy atom. The number of Topliss-reactive ketones (excluding diaryl/α,β-unsaturated/α-hetero) is 1. The third-order valence-electron chi connectivity index (χ3n) is 5.80. The maximum absolute atomic E-state index is 13.5. The van der Waals surface area contributed by atoms with E-state index < -0.39 is 23.5 Å². The minimum absolute atomic E-state index is 0.0851. The van der Waals surface area contributed by atoms with Crippen molar-refractivity contribution in [1.29, 1.82) is 0 Å². The van der Waals surface area contributed by atoms with Crippen molar-refractivity contribution in [2.75, 3.05) is 12.0 Å². The standard InChI is InChI=1S/C27H25FN2O4/c1-27(2,3)19-15-16(8-13-21(19)34-4)24(31)22-23(20-7-5-6-14-29-20)30(26(33)25(22)32)18-11-9-17(28)10-12-18/h5-15,23,31H,1-4H3/b24-22-. The van der Waals surface area contributed by atoms with Crippen LogP contribution in [-0.4, -0.2) is 28.9 Å². The van der Waals surface area contributed by atoms with Crippen molar-refractivity contribution in [3.63, 3.8) is 0 Å². The fourth-order valence-corrected chi connectivity index (χ4v) is 4.11. The monoisotopic (exact) mass is 460 g/mol. The number of pyridine rings is 1. The molecule has 0 bridgehead atoms. The summed E-state index contributed by atoms with van der Waals surface area (Å²) >= 11 is 0. The van der Waals surface area contributed by atoms with Gasteiger partial charge >= 0.3 is 0 Å². The van der Waals surface area contributed by atoms with Crippen LogP contribution in [0.1, 0.15) is 43.6 Å². The zero-order valence-corrected chi connectivity index (χ0v) is 19.4. The van der Waals surface area contributed by atoms with Gasteiger partial charge in [0, 0.05) is 23.0 Å². The second kappa shape index (κ2) is 8.74. The van der Waals surface area contributed by atoms with Crippen molar-refractivity contribution in [2.45, 2.75) is 32.2 Å². The smallest absolute Gasteiger partial charge is 0.300 e. The van der Waals surface area contributed by atoms with Crippen LogP contribution in [0, 0.1) is 5.82 Å². The zero-order valence-electron chi connectivity index (χ0n) is 19.4. The molecule has 1 aliphatic rings. The molecule has 0 radical (unpaired) electrons. The lowest BCUT2D eigenvalue weighted by Gasteiger charge is -2.25. The van der Waals surface area contributed by atoms with Gasteiger partial charge in [-0.2, -0.15) is 0 Å². The van der Waals surface area contributed by atoms with Crippen molar-refractivity contribution in [3.8, 4) is 5.75 Å². The number of nitrogens with zero attached hydrogens (tertiary/aromatic N) is 2. The highest BCUT2D eigenvalue weighted by atomic mass is 19.1. The Morgan fingerprint density at radius 2 is 1.76 bits per heavy atom. The molecular formula is C27H25FN2O4. The van der Waals surface area contributed by atoms with Crippen molar-refractivity contribution >= 4 is 23.1 Å². The van der Waals surface area contributed by atoms with Crippen LogP contribution >= 0.6 is 0 Å². The maximum Gasteiger partial charge on any atom is 0.300 e. The number of aliphatic hydroxyl groups is 1. The summed E-state index contributed by atoms with van der Waals surface area (Å²) in [6.45, 7) is 6.03. The van der Waals surface area contributed by atoms with E-state index in [4.69, 9.17) is 4.74 Å². The molecule has 3 aromatic rings. The van der Waals surface area contributed by atoms with Gasteiger partial charge < -0.3 is 9.84 Å². The van der Waals surface area contributed by atoms with Crippen LogP contribution in [0.15, 0.2) is 72.4 Å². The van der Waals surface area contributed by atoms with E-state index in [1.54, 1.807) is 49.7 Å². The molecule has 0 saturated carbocycles. The Bertz CT molecular complexity index is 1280. The number of carbonyl (C=O) groups is 2. The molecule has 6 nitrogen and oxygen atoms in total. The maximum atomic E-state index is 13.5. The van der Waals surface area contributed by atoms with Gasteiger partial charge in [-0.3, -0.25) is 19.5 Å². The Kier molecular flexibility index (Phi) is 5.96. The lowest BCUT2D eigenvalue weighted by molar-refractivity contribution is -0.132. The largest absolute Gasteiger partial charge is 0.507 e.